The second-order valence-electron chi connectivity index (χ2n) is 8.25. The fourth-order valence-corrected chi connectivity index (χ4v) is 4.94. The summed E-state index contributed by atoms with van der Waals surface area (Å²) < 4.78 is 0. The molecule has 132 valence electrons. The van der Waals surface area contributed by atoms with Crippen molar-refractivity contribution in [2.24, 2.45) is 23.7 Å². The Hall–Kier alpha value is -0.520. The molecule has 2 aliphatic carbocycles. The van der Waals surface area contributed by atoms with Crippen molar-refractivity contribution in [3.63, 3.8) is 0 Å². The Labute approximate surface area is 145 Å². The zero-order valence-electron chi connectivity index (χ0n) is 15.6. The molecule has 0 nitrogen and oxygen atoms in total. The SMILES string of the molecule is C=CCC/C=C/C1CCC(C2CCC(CCCCC)CC2)CC1. The zero-order valence-corrected chi connectivity index (χ0v) is 15.6. The summed E-state index contributed by atoms with van der Waals surface area (Å²) in [7, 11) is 0. The van der Waals surface area contributed by atoms with Crippen LogP contribution in [-0.4, -0.2) is 0 Å². The normalized spacial score (nSPS) is 32.2. The third-order valence-electron chi connectivity index (χ3n) is 6.54. The third kappa shape index (κ3) is 6.86. The Balaban J connectivity index is 1.61. The molecule has 0 radical (unpaired) electrons. The quantitative estimate of drug-likeness (QED) is 0.302. The summed E-state index contributed by atoms with van der Waals surface area (Å²) in [6.07, 6.45) is 27.1. The second kappa shape index (κ2) is 11.1. The minimum absolute atomic E-state index is 0.876. The second-order valence-corrected chi connectivity index (χ2v) is 8.25. The van der Waals surface area contributed by atoms with Crippen LogP contribution in [0.5, 0.6) is 0 Å². The lowest BCUT2D eigenvalue weighted by atomic mass is 9.68. The molecular formula is C23H40. The lowest BCUT2D eigenvalue weighted by Gasteiger charge is -2.37. The van der Waals surface area contributed by atoms with Crippen molar-refractivity contribution in [3.05, 3.63) is 24.8 Å². The van der Waals surface area contributed by atoms with E-state index in [1.54, 1.807) is 12.8 Å². The largest absolute Gasteiger partial charge is 0.103 e. The van der Waals surface area contributed by atoms with Gasteiger partial charge in [-0.3, -0.25) is 0 Å². The molecule has 2 rings (SSSR count). The highest BCUT2D eigenvalue weighted by molar-refractivity contribution is 4.93. The summed E-state index contributed by atoms with van der Waals surface area (Å²) in [5, 5.41) is 0. The van der Waals surface area contributed by atoms with Gasteiger partial charge in [-0.25, -0.2) is 0 Å². The number of allylic oxidation sites excluding steroid dienone is 3. The highest BCUT2D eigenvalue weighted by atomic mass is 14.4. The number of hydrogen-bond acceptors (Lipinski definition) is 0. The fraction of sp³-hybridized carbons (Fsp3) is 0.826. The van der Waals surface area contributed by atoms with Crippen LogP contribution in [0.3, 0.4) is 0 Å². The highest BCUT2D eigenvalue weighted by Gasteiger charge is 2.30. The van der Waals surface area contributed by atoms with E-state index in [4.69, 9.17) is 0 Å². The molecule has 0 heterocycles. The molecule has 0 aliphatic heterocycles. The lowest BCUT2D eigenvalue weighted by Crippen LogP contribution is -2.25. The minimum atomic E-state index is 0.876. The number of unbranched alkanes of at least 4 members (excludes halogenated alkanes) is 3. The van der Waals surface area contributed by atoms with Crippen molar-refractivity contribution in [2.75, 3.05) is 0 Å². The summed E-state index contributed by atoms with van der Waals surface area (Å²) in [5.74, 6) is 4.08. The van der Waals surface area contributed by atoms with Crippen LogP contribution in [0.4, 0.5) is 0 Å². The van der Waals surface area contributed by atoms with Gasteiger partial charge in [-0.2, -0.15) is 0 Å². The van der Waals surface area contributed by atoms with Gasteiger partial charge < -0.3 is 0 Å². The third-order valence-corrected chi connectivity index (χ3v) is 6.54. The Bertz CT molecular complexity index is 324. The van der Waals surface area contributed by atoms with Crippen molar-refractivity contribution < 1.29 is 0 Å². The van der Waals surface area contributed by atoms with Gasteiger partial charge in [0.15, 0.2) is 0 Å². The number of rotatable bonds is 9. The standard InChI is InChI=1S/C23H40/c1-3-5-7-9-11-21-14-18-23(19-15-21)22-16-12-20(13-17-22)10-8-6-4-2/h3,9,11,20-23H,1,4-8,10,12-19H2,2H3/b11-9+. The first-order valence-electron chi connectivity index (χ1n) is 10.6. The van der Waals surface area contributed by atoms with Crippen molar-refractivity contribution >= 4 is 0 Å². The van der Waals surface area contributed by atoms with Crippen LogP contribution < -0.4 is 0 Å². The monoisotopic (exact) mass is 316 g/mol. The van der Waals surface area contributed by atoms with Crippen LogP contribution in [-0.2, 0) is 0 Å². The first-order chi connectivity index (χ1) is 11.3. The van der Waals surface area contributed by atoms with Crippen molar-refractivity contribution in [3.8, 4) is 0 Å². The van der Waals surface area contributed by atoms with Gasteiger partial charge in [0.05, 0.1) is 0 Å². The Morgan fingerprint density at radius 3 is 2.09 bits per heavy atom. The lowest BCUT2D eigenvalue weighted by molar-refractivity contribution is 0.151. The zero-order chi connectivity index (χ0) is 16.3. The van der Waals surface area contributed by atoms with E-state index in [1.807, 2.05) is 6.08 Å². The van der Waals surface area contributed by atoms with E-state index in [2.05, 4.69) is 25.7 Å². The van der Waals surface area contributed by atoms with E-state index in [0.29, 0.717) is 0 Å². The molecule has 0 atom stereocenters. The fourth-order valence-electron chi connectivity index (χ4n) is 4.94. The minimum Gasteiger partial charge on any atom is -0.103 e. The van der Waals surface area contributed by atoms with Gasteiger partial charge in [0.25, 0.3) is 0 Å². The molecule has 2 saturated carbocycles. The van der Waals surface area contributed by atoms with Crippen LogP contribution in [0, 0.1) is 23.7 Å². The first kappa shape index (κ1) is 18.8. The molecule has 0 N–H and O–H groups in total. The highest BCUT2D eigenvalue weighted by Crippen LogP contribution is 2.42. The Kier molecular flexibility index (Phi) is 9.09. The summed E-state index contributed by atoms with van der Waals surface area (Å²) in [6, 6.07) is 0. The van der Waals surface area contributed by atoms with E-state index in [-0.39, 0.29) is 0 Å². The molecule has 0 aromatic rings. The molecule has 0 bridgehead atoms. The van der Waals surface area contributed by atoms with Crippen molar-refractivity contribution in [1.29, 1.82) is 0 Å². The van der Waals surface area contributed by atoms with Gasteiger partial charge in [-0.05, 0) is 75.0 Å². The molecule has 0 aromatic heterocycles. The topological polar surface area (TPSA) is 0 Å². The van der Waals surface area contributed by atoms with Crippen LogP contribution in [0.1, 0.15) is 96.8 Å². The number of hydrogen-bond donors (Lipinski definition) is 0. The Morgan fingerprint density at radius 2 is 1.48 bits per heavy atom. The molecule has 0 saturated heterocycles. The van der Waals surface area contributed by atoms with E-state index in [9.17, 15) is 0 Å². The van der Waals surface area contributed by atoms with Gasteiger partial charge in [-0.15, -0.1) is 6.58 Å². The summed E-state index contributed by atoms with van der Waals surface area (Å²) in [5.41, 5.74) is 0. The molecule has 0 amide bonds. The van der Waals surface area contributed by atoms with Crippen LogP contribution in [0.25, 0.3) is 0 Å². The molecule has 0 spiro atoms. The van der Waals surface area contributed by atoms with E-state index >= 15 is 0 Å². The maximum Gasteiger partial charge on any atom is -0.0233 e. The molecule has 0 aromatic carbocycles. The summed E-state index contributed by atoms with van der Waals surface area (Å²) >= 11 is 0. The smallest absolute Gasteiger partial charge is 0.0233 e. The first-order valence-corrected chi connectivity index (χ1v) is 10.6. The average molecular weight is 317 g/mol. The average Bonchev–Trinajstić information content (AvgIpc) is 2.60. The van der Waals surface area contributed by atoms with Crippen molar-refractivity contribution in [2.45, 2.75) is 96.8 Å². The van der Waals surface area contributed by atoms with Gasteiger partial charge in [0.2, 0.25) is 0 Å². The summed E-state index contributed by atoms with van der Waals surface area (Å²) in [6.45, 7) is 6.12. The molecule has 0 heteroatoms. The van der Waals surface area contributed by atoms with Crippen LogP contribution in [0.15, 0.2) is 24.8 Å². The molecule has 2 fully saturated rings. The van der Waals surface area contributed by atoms with E-state index < -0.39 is 0 Å². The maximum atomic E-state index is 3.80. The van der Waals surface area contributed by atoms with E-state index in [0.717, 1.165) is 30.1 Å². The van der Waals surface area contributed by atoms with Crippen LogP contribution in [0.2, 0.25) is 0 Å². The van der Waals surface area contributed by atoms with E-state index in [1.165, 1.54) is 70.6 Å². The predicted molar refractivity (Wildman–Crippen MR) is 104 cm³/mol. The molecule has 23 heavy (non-hydrogen) atoms. The van der Waals surface area contributed by atoms with Crippen LogP contribution >= 0.6 is 0 Å². The molecule has 2 aliphatic rings. The Morgan fingerprint density at radius 1 is 0.826 bits per heavy atom. The van der Waals surface area contributed by atoms with Crippen molar-refractivity contribution in [1.82, 2.24) is 0 Å². The maximum absolute atomic E-state index is 3.80. The predicted octanol–water partition coefficient (Wildman–Crippen LogP) is 7.70. The summed E-state index contributed by atoms with van der Waals surface area (Å²) in [4.78, 5) is 0. The van der Waals surface area contributed by atoms with Gasteiger partial charge in [0.1, 0.15) is 0 Å². The molecule has 0 unspecified atom stereocenters. The van der Waals surface area contributed by atoms with Gasteiger partial charge in [0, 0.05) is 0 Å². The van der Waals surface area contributed by atoms with Gasteiger partial charge >= 0.3 is 0 Å². The van der Waals surface area contributed by atoms with Gasteiger partial charge in [-0.1, -0.05) is 63.7 Å². The molecular weight excluding hydrogens is 276 g/mol.